The van der Waals surface area contributed by atoms with E-state index in [1.807, 2.05) is 0 Å². The second-order valence-electron chi connectivity index (χ2n) is 5.58. The number of nitrogens with zero attached hydrogens (tertiary/aromatic N) is 1. The highest BCUT2D eigenvalue weighted by molar-refractivity contribution is 7.91. The number of benzene rings is 2. The van der Waals surface area contributed by atoms with Crippen molar-refractivity contribution in [3.8, 4) is 0 Å². The van der Waals surface area contributed by atoms with E-state index >= 15 is 0 Å². The highest BCUT2D eigenvalue weighted by atomic mass is 32.2. The number of oxazole rings is 1. The third-order valence-corrected chi connectivity index (χ3v) is 5.44. The minimum atomic E-state index is -1.52. The summed E-state index contributed by atoms with van der Waals surface area (Å²) >= 11 is -1.52. The number of anilines is 1. The molecular formula is C18H13N3O4S. The zero-order chi connectivity index (χ0) is 18.1. The Morgan fingerprint density at radius 2 is 2.08 bits per heavy atom. The zero-order valence-electron chi connectivity index (χ0n) is 13.4. The SMILES string of the molecule is O=C(NCc1cnco1)c1ccc2c(c1)NC(=O)c1ccccc1[S+]2[O-]. The van der Waals surface area contributed by atoms with Crippen molar-refractivity contribution in [3.05, 3.63) is 71.9 Å². The number of rotatable bonds is 3. The summed E-state index contributed by atoms with van der Waals surface area (Å²) in [6, 6.07) is 11.4. The van der Waals surface area contributed by atoms with E-state index in [0.29, 0.717) is 32.4 Å². The van der Waals surface area contributed by atoms with Gasteiger partial charge in [0.15, 0.2) is 16.2 Å². The van der Waals surface area contributed by atoms with Crippen molar-refractivity contribution < 1.29 is 18.6 Å². The van der Waals surface area contributed by atoms with E-state index in [1.54, 1.807) is 36.4 Å². The van der Waals surface area contributed by atoms with Crippen LogP contribution in [0.5, 0.6) is 0 Å². The van der Waals surface area contributed by atoms with Crippen molar-refractivity contribution in [3.63, 3.8) is 0 Å². The van der Waals surface area contributed by atoms with Gasteiger partial charge in [-0.15, -0.1) is 0 Å². The van der Waals surface area contributed by atoms with E-state index in [0.717, 1.165) is 0 Å². The van der Waals surface area contributed by atoms with E-state index < -0.39 is 11.2 Å². The van der Waals surface area contributed by atoms with E-state index in [4.69, 9.17) is 4.42 Å². The van der Waals surface area contributed by atoms with Crippen LogP contribution in [0.15, 0.2) is 69.3 Å². The van der Waals surface area contributed by atoms with Gasteiger partial charge >= 0.3 is 0 Å². The van der Waals surface area contributed by atoms with Crippen LogP contribution in [-0.4, -0.2) is 21.4 Å². The molecule has 0 radical (unpaired) electrons. The van der Waals surface area contributed by atoms with Gasteiger partial charge in [-0.05, 0) is 30.3 Å². The number of hydrogen-bond acceptors (Lipinski definition) is 5. The van der Waals surface area contributed by atoms with Crippen molar-refractivity contribution >= 4 is 28.7 Å². The molecule has 0 fully saturated rings. The number of hydrogen-bond donors (Lipinski definition) is 2. The molecule has 0 bridgehead atoms. The Kier molecular flexibility index (Phi) is 4.19. The van der Waals surface area contributed by atoms with Gasteiger partial charge in [-0.3, -0.25) is 9.59 Å². The summed E-state index contributed by atoms with van der Waals surface area (Å²) in [6.45, 7) is 0.194. The smallest absolute Gasteiger partial charge is 0.260 e. The van der Waals surface area contributed by atoms with E-state index in [1.165, 1.54) is 18.7 Å². The minimum absolute atomic E-state index is 0.194. The molecule has 2 aromatic carbocycles. The molecule has 2 amide bonds. The number of amides is 2. The fraction of sp³-hybridized carbons (Fsp3) is 0.0556. The van der Waals surface area contributed by atoms with E-state index in [9.17, 15) is 14.1 Å². The van der Waals surface area contributed by atoms with Gasteiger partial charge in [0.25, 0.3) is 11.8 Å². The average Bonchev–Trinajstić information content (AvgIpc) is 3.15. The van der Waals surface area contributed by atoms with Gasteiger partial charge < -0.3 is 19.6 Å². The molecule has 2 heterocycles. The van der Waals surface area contributed by atoms with Crippen LogP contribution < -0.4 is 10.6 Å². The first-order chi connectivity index (χ1) is 12.6. The summed E-state index contributed by atoms with van der Waals surface area (Å²) in [7, 11) is 0. The Labute approximate surface area is 151 Å². The number of fused-ring (bicyclic) bond motifs is 2. The Balaban J connectivity index is 1.62. The fourth-order valence-electron chi connectivity index (χ4n) is 2.65. The van der Waals surface area contributed by atoms with Crippen LogP contribution in [-0.2, 0) is 17.7 Å². The van der Waals surface area contributed by atoms with Crippen LogP contribution in [0.2, 0.25) is 0 Å². The summed E-state index contributed by atoms with van der Waals surface area (Å²) in [5.74, 6) is -0.170. The third kappa shape index (κ3) is 2.96. The van der Waals surface area contributed by atoms with Gasteiger partial charge in [0.1, 0.15) is 5.76 Å². The van der Waals surface area contributed by atoms with Crippen molar-refractivity contribution in [1.82, 2.24) is 10.3 Å². The monoisotopic (exact) mass is 367 g/mol. The first-order valence-electron chi connectivity index (χ1n) is 7.75. The summed E-state index contributed by atoms with van der Waals surface area (Å²) in [5.41, 5.74) is 1.06. The molecule has 1 aliphatic heterocycles. The Bertz CT molecular complexity index is 988. The predicted molar refractivity (Wildman–Crippen MR) is 93.2 cm³/mol. The van der Waals surface area contributed by atoms with Crippen molar-refractivity contribution in [2.45, 2.75) is 16.3 Å². The molecule has 0 aliphatic carbocycles. The van der Waals surface area contributed by atoms with Crippen LogP contribution in [0.25, 0.3) is 0 Å². The van der Waals surface area contributed by atoms with Gasteiger partial charge in [0.2, 0.25) is 0 Å². The molecule has 0 saturated carbocycles. The molecular weight excluding hydrogens is 354 g/mol. The van der Waals surface area contributed by atoms with Crippen molar-refractivity contribution in [2.75, 3.05) is 5.32 Å². The summed E-state index contributed by atoms with van der Waals surface area (Å²) in [4.78, 5) is 29.4. The molecule has 1 aromatic heterocycles. The molecule has 130 valence electrons. The highest BCUT2D eigenvalue weighted by Crippen LogP contribution is 2.34. The molecule has 26 heavy (non-hydrogen) atoms. The molecule has 1 unspecified atom stereocenters. The van der Waals surface area contributed by atoms with Gasteiger partial charge in [-0.2, -0.15) is 0 Å². The van der Waals surface area contributed by atoms with Crippen LogP contribution in [0.3, 0.4) is 0 Å². The highest BCUT2D eigenvalue weighted by Gasteiger charge is 2.30. The number of carbonyl (C=O) groups excluding carboxylic acids is 2. The lowest BCUT2D eigenvalue weighted by atomic mass is 10.1. The number of nitrogens with one attached hydrogen (secondary N) is 2. The minimum Gasteiger partial charge on any atom is -0.606 e. The number of aromatic nitrogens is 1. The van der Waals surface area contributed by atoms with Crippen LogP contribution >= 0.6 is 0 Å². The lowest BCUT2D eigenvalue weighted by Gasteiger charge is -2.12. The van der Waals surface area contributed by atoms with E-state index in [2.05, 4.69) is 15.6 Å². The largest absolute Gasteiger partial charge is 0.606 e. The molecule has 3 aromatic rings. The quantitative estimate of drug-likeness (QED) is 0.691. The average molecular weight is 367 g/mol. The zero-order valence-corrected chi connectivity index (χ0v) is 14.2. The molecule has 0 saturated heterocycles. The molecule has 1 aliphatic rings. The Morgan fingerprint density at radius 1 is 1.23 bits per heavy atom. The van der Waals surface area contributed by atoms with Crippen LogP contribution in [0.4, 0.5) is 5.69 Å². The molecule has 7 nitrogen and oxygen atoms in total. The van der Waals surface area contributed by atoms with Crippen molar-refractivity contribution in [1.29, 1.82) is 0 Å². The van der Waals surface area contributed by atoms with Gasteiger partial charge in [-0.25, -0.2) is 4.98 Å². The third-order valence-electron chi connectivity index (χ3n) is 3.93. The maximum Gasteiger partial charge on any atom is 0.260 e. The second kappa shape index (κ2) is 6.66. The summed E-state index contributed by atoms with van der Waals surface area (Å²) in [5, 5.41) is 5.44. The van der Waals surface area contributed by atoms with Crippen molar-refractivity contribution in [2.24, 2.45) is 0 Å². The number of carbonyl (C=O) groups is 2. The lowest BCUT2D eigenvalue weighted by molar-refractivity contribution is 0.0946. The molecule has 0 spiro atoms. The molecule has 2 N–H and O–H groups in total. The first-order valence-corrected chi connectivity index (χ1v) is 8.90. The summed E-state index contributed by atoms with van der Waals surface area (Å²) in [6.07, 6.45) is 2.80. The standard InChI is InChI=1S/C18H13N3O4S/c22-17(20-9-12-8-19-10-25-12)11-5-6-16-14(7-11)21-18(23)13-3-1-2-4-15(13)26(16)24/h1-8,10H,9H2,(H,20,22)(H,21,23). The maximum atomic E-state index is 12.8. The van der Waals surface area contributed by atoms with Crippen LogP contribution in [0.1, 0.15) is 26.5 Å². The first kappa shape index (κ1) is 16.4. The topological polar surface area (TPSA) is 107 Å². The lowest BCUT2D eigenvalue weighted by Crippen LogP contribution is -2.23. The van der Waals surface area contributed by atoms with Crippen LogP contribution in [0, 0.1) is 0 Å². The van der Waals surface area contributed by atoms with E-state index in [-0.39, 0.29) is 18.4 Å². The molecule has 4 rings (SSSR count). The predicted octanol–water partition coefficient (Wildman–Crippen LogP) is 2.34. The second-order valence-corrected chi connectivity index (χ2v) is 7.00. The maximum absolute atomic E-state index is 12.8. The van der Waals surface area contributed by atoms with Gasteiger partial charge in [-0.1, -0.05) is 12.1 Å². The fourth-order valence-corrected chi connectivity index (χ4v) is 3.95. The Hall–Kier alpha value is -3.10. The molecule has 8 heteroatoms. The Morgan fingerprint density at radius 3 is 2.88 bits per heavy atom. The molecule has 1 atom stereocenters. The summed E-state index contributed by atoms with van der Waals surface area (Å²) < 4.78 is 17.9. The van der Waals surface area contributed by atoms with Gasteiger partial charge in [0.05, 0.1) is 24.0 Å². The normalized spacial score (nSPS) is 15.4. The van der Waals surface area contributed by atoms with Gasteiger partial charge in [0, 0.05) is 16.7 Å².